The first-order valence-electron chi connectivity index (χ1n) is 12.2. The van der Waals surface area contributed by atoms with Crippen molar-refractivity contribution in [3.05, 3.63) is 63.6 Å². The first-order valence-corrected chi connectivity index (χ1v) is 13.2. The molecule has 2 aromatic heterocycles. The molecule has 1 atom stereocenters. The highest BCUT2D eigenvalue weighted by Gasteiger charge is 2.32. The zero-order valence-corrected chi connectivity index (χ0v) is 20.8. The van der Waals surface area contributed by atoms with Crippen LogP contribution in [0.25, 0.3) is 11.0 Å². The van der Waals surface area contributed by atoms with Crippen LogP contribution >= 0.6 is 11.8 Å². The fourth-order valence-corrected chi connectivity index (χ4v) is 6.65. The summed E-state index contributed by atoms with van der Waals surface area (Å²) in [5.41, 5.74) is 3.08. The van der Waals surface area contributed by atoms with Crippen molar-refractivity contribution in [3.8, 4) is 0 Å². The zero-order valence-electron chi connectivity index (χ0n) is 20.0. The smallest absolute Gasteiger partial charge is 0.251 e. The topological polar surface area (TPSA) is 70.5 Å². The summed E-state index contributed by atoms with van der Waals surface area (Å²) in [5.74, 6) is -0.332. The van der Waals surface area contributed by atoms with Crippen LogP contribution in [-0.2, 0) is 17.9 Å². The third kappa shape index (κ3) is 4.10. The van der Waals surface area contributed by atoms with Crippen molar-refractivity contribution >= 4 is 34.4 Å². The van der Waals surface area contributed by atoms with Crippen LogP contribution < -0.4 is 15.8 Å². The number of thioether (sulfide) groups is 1. The van der Waals surface area contributed by atoms with E-state index in [1.54, 1.807) is 28.6 Å². The molecule has 6 rings (SSSR count). The Morgan fingerprint density at radius 2 is 1.94 bits per heavy atom. The third-order valence-corrected chi connectivity index (χ3v) is 8.69. The molecule has 1 amide bonds. The minimum Gasteiger partial charge on any atom is -0.314 e. The number of aromatic nitrogens is 2. The van der Waals surface area contributed by atoms with Crippen molar-refractivity contribution < 1.29 is 13.6 Å². The van der Waals surface area contributed by atoms with Crippen LogP contribution in [-0.4, -0.2) is 58.8 Å². The Hall–Kier alpha value is -2.82. The van der Waals surface area contributed by atoms with Gasteiger partial charge in [-0.15, -0.1) is 11.8 Å². The molecule has 0 spiro atoms. The molecule has 188 valence electrons. The Kier molecular flexibility index (Phi) is 6.05. The molecule has 1 saturated heterocycles. The van der Waals surface area contributed by atoms with Crippen LogP contribution in [0.3, 0.4) is 0 Å². The Bertz CT molecular complexity index is 1420. The Labute approximate surface area is 211 Å². The first-order chi connectivity index (χ1) is 17.4. The number of pyridine rings is 2. The molecule has 5 heterocycles. The first kappa shape index (κ1) is 23.6. The van der Waals surface area contributed by atoms with Crippen LogP contribution in [0.2, 0.25) is 0 Å². The maximum absolute atomic E-state index is 14.7. The van der Waals surface area contributed by atoms with E-state index in [4.69, 9.17) is 0 Å². The molecule has 7 nitrogen and oxygen atoms in total. The summed E-state index contributed by atoms with van der Waals surface area (Å²) < 4.78 is 31.1. The number of benzene rings is 1. The molecule has 0 radical (unpaired) electrons. The molecule has 3 aliphatic rings. The number of fused-ring (bicyclic) bond motifs is 1. The van der Waals surface area contributed by atoms with Crippen molar-refractivity contribution in [2.75, 3.05) is 37.3 Å². The van der Waals surface area contributed by atoms with E-state index in [9.17, 15) is 18.4 Å². The lowest BCUT2D eigenvalue weighted by Gasteiger charge is -2.34. The number of nitrogens with zero attached hydrogens (tertiary/aromatic N) is 4. The van der Waals surface area contributed by atoms with Gasteiger partial charge in [-0.2, -0.15) is 0 Å². The van der Waals surface area contributed by atoms with Crippen LogP contribution in [0, 0.1) is 11.6 Å². The molecule has 1 N–H and O–H groups in total. The number of amides is 1. The fraction of sp³-hybridized carbons (Fsp3) is 0.423. The molecular weight excluding hydrogens is 484 g/mol. The van der Waals surface area contributed by atoms with Gasteiger partial charge in [-0.1, -0.05) is 0 Å². The van der Waals surface area contributed by atoms with Crippen molar-refractivity contribution in [1.29, 1.82) is 0 Å². The van der Waals surface area contributed by atoms with E-state index in [2.05, 4.69) is 15.2 Å². The lowest BCUT2D eigenvalue weighted by atomic mass is 9.98. The summed E-state index contributed by atoms with van der Waals surface area (Å²) in [6, 6.07) is 6.72. The SMILES string of the molecule is CN1C(=O)CSc2cc(F)c(CNC3CCN(C[C@@H]4Cn5c(=O)ccc6ncc(F)c4c65)CC3)cc21. The second-order valence-corrected chi connectivity index (χ2v) is 10.9. The molecule has 3 aromatic rings. The quantitative estimate of drug-likeness (QED) is 0.568. The maximum atomic E-state index is 14.7. The van der Waals surface area contributed by atoms with E-state index in [0.29, 0.717) is 47.5 Å². The van der Waals surface area contributed by atoms with Gasteiger partial charge in [-0.3, -0.25) is 14.6 Å². The molecule has 0 bridgehead atoms. The standard InChI is InChI=1S/C26H27F2N5O2S/c1-31-21-8-15(18(27)9-22(21)36-14-24(31)35)10-29-17-4-6-32(7-5-17)12-16-13-33-23(34)3-2-20-26(33)25(16)19(28)11-30-20/h2-3,8-9,11,16-17,29H,4-7,10,12-14H2,1H3/t16-/m1/s1. The molecule has 0 unspecified atom stereocenters. The highest BCUT2D eigenvalue weighted by Crippen LogP contribution is 2.37. The van der Waals surface area contributed by atoms with Crippen molar-refractivity contribution in [3.63, 3.8) is 0 Å². The van der Waals surface area contributed by atoms with Gasteiger partial charge in [0.1, 0.15) is 11.6 Å². The average molecular weight is 512 g/mol. The normalized spacial score (nSPS) is 20.4. The van der Waals surface area contributed by atoms with Gasteiger partial charge in [-0.05, 0) is 44.1 Å². The molecule has 3 aliphatic heterocycles. The Morgan fingerprint density at radius 1 is 1.14 bits per heavy atom. The predicted molar refractivity (Wildman–Crippen MR) is 136 cm³/mol. The fourth-order valence-electron chi connectivity index (χ4n) is 5.65. The largest absolute Gasteiger partial charge is 0.314 e. The Morgan fingerprint density at radius 3 is 2.75 bits per heavy atom. The van der Waals surface area contributed by atoms with Gasteiger partial charge in [-0.25, -0.2) is 8.78 Å². The van der Waals surface area contributed by atoms with Crippen molar-refractivity contribution in [2.24, 2.45) is 0 Å². The molecule has 1 fully saturated rings. The van der Waals surface area contributed by atoms with Crippen molar-refractivity contribution in [1.82, 2.24) is 19.8 Å². The van der Waals surface area contributed by atoms with Gasteiger partial charge in [0.2, 0.25) is 5.91 Å². The minimum absolute atomic E-state index is 0.0213. The lowest BCUT2D eigenvalue weighted by Crippen LogP contribution is -2.43. The van der Waals surface area contributed by atoms with Gasteiger partial charge in [0.05, 0.1) is 28.7 Å². The molecule has 10 heteroatoms. The minimum atomic E-state index is -0.348. The van der Waals surface area contributed by atoms with Gasteiger partial charge >= 0.3 is 0 Å². The highest BCUT2D eigenvalue weighted by atomic mass is 32.2. The third-order valence-electron chi connectivity index (χ3n) is 7.66. The predicted octanol–water partition coefficient (Wildman–Crippen LogP) is 3.09. The number of nitrogens with one attached hydrogen (secondary N) is 1. The van der Waals surface area contributed by atoms with Gasteiger partial charge in [0.25, 0.3) is 5.56 Å². The van der Waals surface area contributed by atoms with E-state index < -0.39 is 0 Å². The number of anilines is 1. The summed E-state index contributed by atoms with van der Waals surface area (Å²) in [7, 11) is 1.73. The zero-order chi connectivity index (χ0) is 25.0. The highest BCUT2D eigenvalue weighted by molar-refractivity contribution is 8.00. The molecule has 36 heavy (non-hydrogen) atoms. The van der Waals surface area contributed by atoms with E-state index in [1.165, 1.54) is 30.1 Å². The Balaban J connectivity index is 1.08. The number of carbonyl (C=O) groups is 1. The van der Waals surface area contributed by atoms with Gasteiger partial charge < -0.3 is 19.7 Å². The van der Waals surface area contributed by atoms with E-state index in [0.717, 1.165) is 36.5 Å². The van der Waals surface area contributed by atoms with Crippen LogP contribution in [0.1, 0.15) is 29.9 Å². The lowest BCUT2D eigenvalue weighted by molar-refractivity contribution is -0.116. The number of halogens is 2. The molecule has 0 aliphatic carbocycles. The molecule has 1 aromatic carbocycles. The van der Waals surface area contributed by atoms with Crippen LogP contribution in [0.15, 0.2) is 40.2 Å². The maximum Gasteiger partial charge on any atom is 0.251 e. The summed E-state index contributed by atoms with van der Waals surface area (Å²) in [4.78, 5) is 33.2. The van der Waals surface area contributed by atoms with Crippen LogP contribution in [0.5, 0.6) is 0 Å². The number of hydrogen-bond donors (Lipinski definition) is 1. The van der Waals surface area contributed by atoms with Gasteiger partial charge in [0.15, 0.2) is 0 Å². The van der Waals surface area contributed by atoms with Crippen LogP contribution in [0.4, 0.5) is 14.5 Å². The number of likely N-dealkylation sites (tertiary alicyclic amines) is 1. The van der Waals surface area contributed by atoms with E-state index in [1.807, 2.05) is 0 Å². The second kappa shape index (κ2) is 9.24. The van der Waals surface area contributed by atoms with Crippen molar-refractivity contribution in [2.45, 2.75) is 42.8 Å². The number of carbonyl (C=O) groups excluding carboxylic acids is 1. The molecular formula is C26H27F2N5O2S. The number of hydrogen-bond acceptors (Lipinski definition) is 6. The molecule has 0 saturated carbocycles. The monoisotopic (exact) mass is 511 g/mol. The summed E-state index contributed by atoms with van der Waals surface area (Å²) in [5, 5.41) is 3.48. The van der Waals surface area contributed by atoms with Gasteiger partial charge in [0, 0.05) is 60.7 Å². The van der Waals surface area contributed by atoms with E-state index >= 15 is 0 Å². The summed E-state index contributed by atoms with van der Waals surface area (Å²) >= 11 is 1.38. The number of rotatable bonds is 5. The summed E-state index contributed by atoms with van der Waals surface area (Å²) in [6.45, 7) is 3.24. The second-order valence-electron chi connectivity index (χ2n) is 9.84. The summed E-state index contributed by atoms with van der Waals surface area (Å²) in [6.07, 6.45) is 3.05. The number of piperidine rings is 1. The van der Waals surface area contributed by atoms with E-state index in [-0.39, 0.29) is 35.1 Å². The average Bonchev–Trinajstić information content (AvgIpc) is 3.26.